The molecule has 0 radical (unpaired) electrons. The molecule has 7 nitrogen and oxygen atoms in total. The molecular formula is C24H23N5O2. The molecule has 0 bridgehead atoms. The van der Waals surface area contributed by atoms with E-state index >= 15 is 0 Å². The molecule has 1 aromatic carbocycles. The van der Waals surface area contributed by atoms with Crippen LogP contribution in [0.3, 0.4) is 0 Å². The zero-order valence-electron chi connectivity index (χ0n) is 17.4. The fourth-order valence-corrected chi connectivity index (χ4v) is 4.08. The minimum absolute atomic E-state index is 0.0312. The van der Waals surface area contributed by atoms with Gasteiger partial charge < -0.3 is 10.5 Å². The van der Waals surface area contributed by atoms with Gasteiger partial charge in [0, 0.05) is 49.0 Å². The van der Waals surface area contributed by atoms with Gasteiger partial charge in [0.1, 0.15) is 11.5 Å². The molecule has 0 unspecified atom stereocenters. The van der Waals surface area contributed by atoms with Crippen molar-refractivity contribution in [1.82, 2.24) is 19.7 Å². The highest BCUT2D eigenvalue weighted by Gasteiger charge is 2.35. The molecule has 1 aliphatic rings. The number of methoxy groups -OCH3 is 1. The average Bonchev–Trinajstić information content (AvgIpc) is 3.19. The van der Waals surface area contributed by atoms with Crippen LogP contribution in [-0.4, -0.2) is 38.7 Å². The number of fused-ring (bicyclic) bond motifs is 1. The van der Waals surface area contributed by atoms with Gasteiger partial charge in [-0.25, -0.2) is 9.97 Å². The highest BCUT2D eigenvalue weighted by Crippen LogP contribution is 2.34. The maximum absolute atomic E-state index is 12.9. The number of nitrogens with zero attached hydrogens (tertiary/aromatic N) is 4. The number of aryl methyl sites for hydroxylation is 1. The van der Waals surface area contributed by atoms with Crippen LogP contribution >= 0.6 is 0 Å². The van der Waals surface area contributed by atoms with Crippen molar-refractivity contribution in [1.29, 1.82) is 0 Å². The molecule has 3 heterocycles. The molecule has 0 saturated heterocycles. The third kappa shape index (κ3) is 3.47. The number of carbonyl (C=O) groups excluding carboxylic acids is 1. The lowest BCUT2D eigenvalue weighted by atomic mass is 9.78. The number of pyridine rings is 2. The molecule has 4 aromatic rings. The Morgan fingerprint density at radius 2 is 1.81 bits per heavy atom. The van der Waals surface area contributed by atoms with E-state index in [9.17, 15) is 4.79 Å². The van der Waals surface area contributed by atoms with Crippen LogP contribution in [0.15, 0.2) is 55.0 Å². The summed E-state index contributed by atoms with van der Waals surface area (Å²) in [6.45, 7) is 0. The highest BCUT2D eigenvalue weighted by molar-refractivity contribution is 6.03. The largest absolute Gasteiger partial charge is 0.383 e. The van der Waals surface area contributed by atoms with E-state index in [1.165, 1.54) is 0 Å². The number of carbonyl (C=O) groups is 1. The Kier molecular flexibility index (Phi) is 4.75. The fourth-order valence-electron chi connectivity index (χ4n) is 4.08. The van der Waals surface area contributed by atoms with E-state index in [0.717, 1.165) is 40.5 Å². The van der Waals surface area contributed by atoms with Crippen molar-refractivity contribution >= 4 is 22.5 Å². The lowest BCUT2D eigenvalue weighted by Crippen LogP contribution is -2.36. The molecule has 1 aliphatic carbocycles. The first-order valence-corrected chi connectivity index (χ1v) is 10.2. The van der Waals surface area contributed by atoms with Crippen LogP contribution in [0, 0.1) is 5.92 Å². The van der Waals surface area contributed by atoms with Gasteiger partial charge in [0.15, 0.2) is 5.78 Å². The first-order valence-electron chi connectivity index (χ1n) is 10.2. The van der Waals surface area contributed by atoms with Crippen molar-refractivity contribution in [3.05, 3.63) is 60.7 Å². The lowest BCUT2D eigenvalue weighted by Gasteiger charge is -2.32. The molecule has 1 saturated carbocycles. The Morgan fingerprint density at radius 1 is 1.06 bits per heavy atom. The van der Waals surface area contributed by atoms with Crippen molar-refractivity contribution in [3.63, 3.8) is 0 Å². The second-order valence-electron chi connectivity index (χ2n) is 8.02. The summed E-state index contributed by atoms with van der Waals surface area (Å²) in [5, 5.41) is 4.97. The maximum atomic E-state index is 12.9. The van der Waals surface area contributed by atoms with Crippen LogP contribution in [0.4, 0.5) is 5.82 Å². The summed E-state index contributed by atoms with van der Waals surface area (Å²) >= 11 is 0. The van der Waals surface area contributed by atoms with Crippen LogP contribution in [0.1, 0.15) is 23.3 Å². The van der Waals surface area contributed by atoms with E-state index in [0.29, 0.717) is 17.0 Å². The Balaban J connectivity index is 1.52. The summed E-state index contributed by atoms with van der Waals surface area (Å²) in [5.41, 5.74) is 11.2. The number of benzene rings is 1. The van der Waals surface area contributed by atoms with Gasteiger partial charge >= 0.3 is 0 Å². The van der Waals surface area contributed by atoms with Gasteiger partial charge in [0.2, 0.25) is 0 Å². The summed E-state index contributed by atoms with van der Waals surface area (Å²) < 4.78 is 7.08. The molecule has 31 heavy (non-hydrogen) atoms. The van der Waals surface area contributed by atoms with Gasteiger partial charge in [-0.15, -0.1) is 0 Å². The van der Waals surface area contributed by atoms with E-state index in [4.69, 9.17) is 15.5 Å². The zero-order chi connectivity index (χ0) is 21.5. The third-order valence-corrected chi connectivity index (χ3v) is 6.04. The normalized spacial score (nSPS) is 18.1. The molecule has 0 spiro atoms. The number of nitrogen functional groups attached to an aromatic ring is 1. The number of Topliss-reactive ketones (excluding diaryl/α,β-unsaturated/α-hetero) is 1. The predicted molar refractivity (Wildman–Crippen MR) is 119 cm³/mol. The van der Waals surface area contributed by atoms with Crippen molar-refractivity contribution in [3.8, 4) is 22.3 Å². The molecule has 0 atom stereocenters. The number of rotatable bonds is 5. The molecule has 7 heteroatoms. The topological polar surface area (TPSA) is 95.9 Å². The second kappa shape index (κ2) is 7.59. The van der Waals surface area contributed by atoms with Crippen molar-refractivity contribution in [2.24, 2.45) is 13.0 Å². The van der Waals surface area contributed by atoms with Crippen molar-refractivity contribution in [2.75, 3.05) is 12.8 Å². The van der Waals surface area contributed by atoms with Crippen LogP contribution in [0.2, 0.25) is 0 Å². The molecule has 5 rings (SSSR count). The number of nitrogens with two attached hydrogens (primary N) is 1. The molecule has 2 N–H and O–H groups in total. The quantitative estimate of drug-likeness (QED) is 0.499. The number of hydrogen-bond donors (Lipinski definition) is 1. The molecular weight excluding hydrogens is 390 g/mol. The Morgan fingerprint density at radius 3 is 2.48 bits per heavy atom. The summed E-state index contributed by atoms with van der Waals surface area (Å²) in [6, 6.07) is 11.7. The second-order valence-corrected chi connectivity index (χ2v) is 8.02. The predicted octanol–water partition coefficient (Wildman–Crippen LogP) is 3.89. The summed E-state index contributed by atoms with van der Waals surface area (Å²) in [6.07, 6.45) is 7.20. The monoisotopic (exact) mass is 413 g/mol. The first kappa shape index (κ1) is 19.4. The SMILES string of the molecule is COC1CC(C(=O)c2ccc3c(N)ncc(-c4ccc(-c5cnn(C)c5)cc4)c3n2)C1. The summed E-state index contributed by atoms with van der Waals surface area (Å²) in [7, 11) is 3.58. The van der Waals surface area contributed by atoms with Gasteiger partial charge in [-0.2, -0.15) is 5.10 Å². The highest BCUT2D eigenvalue weighted by atomic mass is 16.5. The maximum Gasteiger partial charge on any atom is 0.184 e. The fraction of sp³-hybridized carbons (Fsp3) is 0.250. The van der Waals surface area contributed by atoms with Crippen LogP contribution in [0.5, 0.6) is 0 Å². The van der Waals surface area contributed by atoms with E-state index in [1.807, 2.05) is 49.8 Å². The van der Waals surface area contributed by atoms with E-state index in [2.05, 4.69) is 10.1 Å². The van der Waals surface area contributed by atoms with E-state index in [-0.39, 0.29) is 17.8 Å². The third-order valence-electron chi connectivity index (χ3n) is 6.04. The standard InChI is InChI=1S/C24H23N5O2/c1-29-13-17(11-27-29)14-3-5-15(6-4-14)20-12-26-24(25)19-7-8-21(28-22(19)20)23(30)16-9-18(10-16)31-2/h3-8,11-13,16,18H,9-10H2,1-2H3,(H2,25,26). The van der Waals surface area contributed by atoms with Gasteiger partial charge in [0.25, 0.3) is 0 Å². The molecule has 156 valence electrons. The molecule has 3 aromatic heterocycles. The smallest absolute Gasteiger partial charge is 0.184 e. The van der Waals surface area contributed by atoms with Gasteiger partial charge in [-0.1, -0.05) is 24.3 Å². The Labute approximate surface area is 179 Å². The Hall–Kier alpha value is -3.58. The minimum atomic E-state index is -0.0312. The molecule has 1 fully saturated rings. The zero-order valence-corrected chi connectivity index (χ0v) is 17.4. The van der Waals surface area contributed by atoms with Crippen LogP contribution in [0.25, 0.3) is 33.2 Å². The minimum Gasteiger partial charge on any atom is -0.383 e. The number of hydrogen-bond acceptors (Lipinski definition) is 6. The van der Waals surface area contributed by atoms with Crippen LogP contribution < -0.4 is 5.73 Å². The number of aromatic nitrogens is 4. The van der Waals surface area contributed by atoms with E-state index < -0.39 is 0 Å². The van der Waals surface area contributed by atoms with Crippen molar-refractivity contribution in [2.45, 2.75) is 18.9 Å². The lowest BCUT2D eigenvalue weighted by molar-refractivity contribution is 0.00501. The summed E-state index contributed by atoms with van der Waals surface area (Å²) in [5.74, 6) is 0.431. The summed E-state index contributed by atoms with van der Waals surface area (Å²) in [4.78, 5) is 22.0. The number of ether oxygens (including phenoxy) is 1. The van der Waals surface area contributed by atoms with Crippen molar-refractivity contribution < 1.29 is 9.53 Å². The van der Waals surface area contributed by atoms with Gasteiger partial charge in [-0.3, -0.25) is 9.48 Å². The van der Waals surface area contributed by atoms with E-state index in [1.54, 1.807) is 24.1 Å². The van der Waals surface area contributed by atoms with Crippen LogP contribution in [-0.2, 0) is 11.8 Å². The Bertz CT molecular complexity index is 1270. The average molecular weight is 413 g/mol. The van der Waals surface area contributed by atoms with Gasteiger partial charge in [-0.05, 0) is 36.1 Å². The molecule has 0 aliphatic heterocycles. The van der Waals surface area contributed by atoms with Gasteiger partial charge in [0.05, 0.1) is 17.8 Å². The number of ketones is 1. The first-order chi connectivity index (χ1) is 15.0. The molecule has 0 amide bonds. The number of anilines is 1.